The highest BCUT2D eigenvalue weighted by atomic mass is 32.1. The van der Waals surface area contributed by atoms with E-state index in [4.69, 9.17) is 12.2 Å². The molecule has 6 nitrogen and oxygen atoms in total. The van der Waals surface area contributed by atoms with Gasteiger partial charge in [-0.05, 0) is 76.1 Å². The lowest BCUT2D eigenvalue weighted by Gasteiger charge is -2.29. The van der Waals surface area contributed by atoms with Crippen molar-refractivity contribution < 1.29 is 0 Å². The zero-order valence-electron chi connectivity index (χ0n) is 17.9. The summed E-state index contributed by atoms with van der Waals surface area (Å²) in [5, 5.41) is 4.32. The molecule has 4 heterocycles. The number of nitrogens with zero attached hydrogens (tertiary/aromatic N) is 5. The van der Waals surface area contributed by atoms with Gasteiger partial charge in [0.2, 0.25) is 0 Å². The molecular formula is C23H28N6S. The summed E-state index contributed by atoms with van der Waals surface area (Å²) in [5.41, 5.74) is 5.72. The van der Waals surface area contributed by atoms with Crippen molar-refractivity contribution in [2.45, 2.75) is 25.9 Å². The number of aryl methyl sites for hydroxylation is 1. The van der Waals surface area contributed by atoms with Crippen LogP contribution in [0.25, 0.3) is 5.69 Å². The maximum atomic E-state index is 5.77. The van der Waals surface area contributed by atoms with E-state index in [0.717, 1.165) is 29.6 Å². The molecule has 0 bridgehead atoms. The fourth-order valence-electron chi connectivity index (χ4n) is 4.26. The van der Waals surface area contributed by atoms with Crippen molar-refractivity contribution >= 4 is 17.3 Å². The highest BCUT2D eigenvalue weighted by Crippen LogP contribution is 2.41. The zero-order valence-corrected chi connectivity index (χ0v) is 18.7. The molecule has 3 aromatic rings. The van der Waals surface area contributed by atoms with Crippen molar-refractivity contribution in [2.75, 3.05) is 27.2 Å². The summed E-state index contributed by atoms with van der Waals surface area (Å²) in [6.45, 7) is 6.10. The van der Waals surface area contributed by atoms with Gasteiger partial charge in [0.05, 0.1) is 29.7 Å². The second kappa shape index (κ2) is 8.53. The van der Waals surface area contributed by atoms with Gasteiger partial charge in [0.15, 0.2) is 5.11 Å². The summed E-state index contributed by atoms with van der Waals surface area (Å²) < 4.78 is 2.27. The van der Waals surface area contributed by atoms with Crippen LogP contribution in [0.1, 0.15) is 34.7 Å². The lowest BCUT2D eigenvalue weighted by atomic mass is 9.97. The van der Waals surface area contributed by atoms with E-state index in [2.05, 4.69) is 75.8 Å². The normalized spacial score (nSPS) is 18.8. The molecule has 0 spiro atoms. The van der Waals surface area contributed by atoms with Crippen molar-refractivity contribution in [1.29, 1.82) is 0 Å². The maximum Gasteiger partial charge on any atom is 0.170 e. The first kappa shape index (κ1) is 20.5. The topological polar surface area (TPSA) is 49.2 Å². The first-order valence-electron chi connectivity index (χ1n) is 10.2. The molecule has 1 N–H and O–H groups in total. The Hall–Kier alpha value is -2.77. The van der Waals surface area contributed by atoms with E-state index in [1.165, 1.54) is 17.0 Å². The van der Waals surface area contributed by atoms with E-state index in [-0.39, 0.29) is 12.1 Å². The van der Waals surface area contributed by atoms with Gasteiger partial charge in [-0.25, -0.2) is 0 Å². The lowest BCUT2D eigenvalue weighted by Crippen LogP contribution is -2.35. The highest BCUT2D eigenvalue weighted by Gasteiger charge is 2.41. The summed E-state index contributed by atoms with van der Waals surface area (Å²) in [6, 6.07) is 12.5. The fraction of sp³-hybridized carbons (Fsp3) is 0.348. The summed E-state index contributed by atoms with van der Waals surface area (Å²) in [4.78, 5) is 13.4. The fourth-order valence-corrected chi connectivity index (χ4v) is 4.59. The van der Waals surface area contributed by atoms with Gasteiger partial charge in [-0.15, -0.1) is 0 Å². The Morgan fingerprint density at radius 1 is 1.13 bits per heavy atom. The molecule has 0 amide bonds. The van der Waals surface area contributed by atoms with Crippen LogP contribution in [0, 0.1) is 13.8 Å². The maximum absolute atomic E-state index is 5.77. The smallest absolute Gasteiger partial charge is 0.170 e. The monoisotopic (exact) mass is 420 g/mol. The van der Waals surface area contributed by atoms with Crippen molar-refractivity contribution in [2.24, 2.45) is 0 Å². The SMILES string of the molecule is Cc1cc([C@@H]2[C@H](c3ccccn3)NC(=S)N2CCN(C)C)c(C)n1-c1cccnc1. The Balaban J connectivity index is 1.80. The number of pyridine rings is 2. The van der Waals surface area contributed by atoms with Gasteiger partial charge in [-0.3, -0.25) is 9.97 Å². The molecule has 0 unspecified atom stereocenters. The predicted molar refractivity (Wildman–Crippen MR) is 124 cm³/mol. The lowest BCUT2D eigenvalue weighted by molar-refractivity contribution is 0.277. The average molecular weight is 421 g/mol. The van der Waals surface area contributed by atoms with Crippen LogP contribution in [0.4, 0.5) is 0 Å². The van der Waals surface area contributed by atoms with Crippen LogP contribution in [0.5, 0.6) is 0 Å². The molecule has 156 valence electrons. The second-order valence-corrected chi connectivity index (χ2v) is 8.38. The molecule has 7 heteroatoms. The van der Waals surface area contributed by atoms with Crippen molar-refractivity contribution in [1.82, 2.24) is 29.7 Å². The number of hydrogen-bond acceptors (Lipinski definition) is 4. The van der Waals surface area contributed by atoms with E-state index in [1.807, 2.05) is 30.6 Å². The van der Waals surface area contributed by atoms with Gasteiger partial charge in [-0.1, -0.05) is 6.07 Å². The molecule has 4 rings (SSSR count). The third-order valence-corrected chi connectivity index (χ3v) is 6.03. The first-order valence-corrected chi connectivity index (χ1v) is 10.6. The Labute approximate surface area is 183 Å². The van der Waals surface area contributed by atoms with Crippen LogP contribution in [-0.2, 0) is 0 Å². The Kier molecular flexibility index (Phi) is 5.83. The van der Waals surface area contributed by atoms with Gasteiger partial charge in [0.1, 0.15) is 0 Å². The van der Waals surface area contributed by atoms with Crippen LogP contribution >= 0.6 is 12.2 Å². The predicted octanol–water partition coefficient (Wildman–Crippen LogP) is 3.42. The number of aromatic nitrogens is 3. The van der Waals surface area contributed by atoms with Gasteiger partial charge in [0, 0.05) is 36.9 Å². The summed E-state index contributed by atoms with van der Waals surface area (Å²) in [6.07, 6.45) is 5.55. The molecule has 1 aliphatic heterocycles. The molecule has 30 heavy (non-hydrogen) atoms. The van der Waals surface area contributed by atoms with Crippen molar-refractivity contribution in [3.05, 3.63) is 77.6 Å². The van der Waals surface area contributed by atoms with E-state index >= 15 is 0 Å². The summed E-state index contributed by atoms with van der Waals surface area (Å²) in [7, 11) is 4.18. The molecule has 0 saturated carbocycles. The molecule has 0 radical (unpaired) electrons. The number of hydrogen-bond donors (Lipinski definition) is 1. The van der Waals surface area contributed by atoms with E-state index in [9.17, 15) is 0 Å². The highest BCUT2D eigenvalue weighted by molar-refractivity contribution is 7.80. The van der Waals surface area contributed by atoms with Crippen LogP contribution in [0.2, 0.25) is 0 Å². The Bertz CT molecular complexity index is 1010. The molecular weight excluding hydrogens is 392 g/mol. The van der Waals surface area contributed by atoms with Crippen LogP contribution in [0.3, 0.4) is 0 Å². The molecule has 0 aliphatic carbocycles. The minimum Gasteiger partial charge on any atom is -0.352 e. The summed E-state index contributed by atoms with van der Waals surface area (Å²) >= 11 is 5.77. The van der Waals surface area contributed by atoms with Crippen molar-refractivity contribution in [3.8, 4) is 5.69 Å². The van der Waals surface area contributed by atoms with Gasteiger partial charge in [0.25, 0.3) is 0 Å². The van der Waals surface area contributed by atoms with E-state index in [0.29, 0.717) is 0 Å². The molecule has 0 aromatic carbocycles. The zero-order chi connectivity index (χ0) is 21.3. The number of thiocarbonyl (C=S) groups is 1. The third kappa shape index (κ3) is 3.82. The quantitative estimate of drug-likeness (QED) is 0.617. The summed E-state index contributed by atoms with van der Waals surface area (Å²) in [5.74, 6) is 0. The number of rotatable bonds is 6. The number of nitrogens with one attached hydrogen (secondary N) is 1. The molecule has 3 aromatic heterocycles. The van der Waals surface area contributed by atoms with Gasteiger partial charge < -0.3 is 19.7 Å². The van der Waals surface area contributed by atoms with Crippen LogP contribution in [-0.4, -0.2) is 56.6 Å². The first-order chi connectivity index (χ1) is 14.5. The molecule has 2 atom stereocenters. The Morgan fingerprint density at radius 3 is 2.63 bits per heavy atom. The van der Waals surface area contributed by atoms with E-state index < -0.39 is 0 Å². The second-order valence-electron chi connectivity index (χ2n) is 8.00. The molecule has 1 fully saturated rings. The third-order valence-electron chi connectivity index (χ3n) is 5.68. The van der Waals surface area contributed by atoms with E-state index in [1.54, 1.807) is 6.20 Å². The van der Waals surface area contributed by atoms with Crippen LogP contribution in [0.15, 0.2) is 55.0 Å². The largest absolute Gasteiger partial charge is 0.352 e. The molecule has 1 saturated heterocycles. The van der Waals surface area contributed by atoms with Crippen molar-refractivity contribution in [3.63, 3.8) is 0 Å². The minimum atomic E-state index is 0.00344. The molecule has 1 aliphatic rings. The Morgan fingerprint density at radius 2 is 1.97 bits per heavy atom. The van der Waals surface area contributed by atoms with Crippen LogP contribution < -0.4 is 5.32 Å². The minimum absolute atomic E-state index is 0.00344. The average Bonchev–Trinajstić information content (AvgIpc) is 3.22. The standard InChI is InChI=1S/C23H28N6S/c1-16-14-19(17(2)29(16)18-8-7-10-24-15-18)22-21(20-9-5-6-11-25-20)26-23(30)28(22)13-12-27(3)4/h5-11,14-15,21-22H,12-13H2,1-4H3,(H,26,30)/t21-,22+/m0/s1. The van der Waals surface area contributed by atoms with Gasteiger partial charge in [-0.2, -0.15) is 0 Å². The van der Waals surface area contributed by atoms with Gasteiger partial charge >= 0.3 is 0 Å². The number of likely N-dealkylation sites (N-methyl/N-ethyl adjacent to an activating group) is 1.